The fraction of sp³-hybridized carbons (Fsp3) is 0.250. The van der Waals surface area contributed by atoms with E-state index in [1.807, 2.05) is 65.8 Å². The Morgan fingerprint density at radius 3 is 1.19 bits per heavy atom. The minimum atomic E-state index is -5.15. The van der Waals surface area contributed by atoms with Crippen molar-refractivity contribution in [2.45, 2.75) is 157 Å². The van der Waals surface area contributed by atoms with Gasteiger partial charge in [0.05, 0.1) is 29.4 Å². The number of benzene rings is 8. The Bertz CT molecular complexity index is 4800. The molecule has 19 nitrogen and oxygen atoms in total. The molecule has 1 unspecified atom stereocenters. The van der Waals surface area contributed by atoms with Crippen LogP contribution in [0.1, 0.15) is 93.2 Å². The van der Waals surface area contributed by atoms with Crippen molar-refractivity contribution >= 4 is 83.7 Å². The van der Waals surface area contributed by atoms with Crippen LogP contribution in [0.2, 0.25) is 0 Å². The van der Waals surface area contributed by atoms with Crippen molar-refractivity contribution in [1.29, 1.82) is 0 Å². The van der Waals surface area contributed by atoms with Gasteiger partial charge < -0.3 is 14.2 Å². The van der Waals surface area contributed by atoms with E-state index in [9.17, 15) is 68.7 Å². The molecule has 0 aliphatic heterocycles. The van der Waals surface area contributed by atoms with Gasteiger partial charge in [0.25, 0.3) is 40.5 Å². The quantitative estimate of drug-likeness (QED) is 0.0341. The molecule has 0 saturated carbocycles. The molecule has 0 radical (unpaired) electrons. The Labute approximate surface area is 540 Å². The van der Waals surface area contributed by atoms with Gasteiger partial charge in [-0.1, -0.05) is 82.8 Å². The van der Waals surface area contributed by atoms with E-state index in [-0.39, 0.29) is 28.2 Å². The van der Waals surface area contributed by atoms with Crippen molar-refractivity contribution in [3.05, 3.63) is 181 Å². The fourth-order valence-electron chi connectivity index (χ4n) is 9.80. The summed E-state index contributed by atoms with van der Waals surface area (Å²) in [6.07, 6.45) is 0.725. The molecule has 8 aromatic carbocycles. The Morgan fingerprint density at radius 1 is 0.385 bits per heavy atom. The number of rotatable bonds is 23. The fourth-order valence-corrected chi connectivity index (χ4v) is 18.3. The summed E-state index contributed by atoms with van der Waals surface area (Å²) in [5.74, 6) is 1.21. The highest BCUT2D eigenvalue weighted by atomic mass is 32.2. The maximum atomic E-state index is 14.3. The van der Waals surface area contributed by atoms with Gasteiger partial charge in [-0.05, 0) is 209 Å². The SMILES string of the molecule is CCC(C)(C)c1ccc(S(=O)(=O)c2ccc(Sc3ccc(-c4ccc(SC(C)(C)C(C)(CC)c5ccc(S(=O)(=O)c6ccc(Oc7ccc(Oc8ccc(OC(C)(C)C)cc8)cc7)c(S(=O)(=O)O)c6)cc5S(=O)(=O)O)cc4)cc3)c(S(=O)(=O)O)c2)cc1S(=O)(=O)O. The van der Waals surface area contributed by atoms with E-state index in [1.165, 1.54) is 42.1 Å². The molecule has 0 amide bonds. The summed E-state index contributed by atoms with van der Waals surface area (Å²) >= 11 is 2.30. The van der Waals surface area contributed by atoms with Crippen LogP contribution in [0.15, 0.2) is 224 Å². The zero-order valence-corrected chi connectivity index (χ0v) is 57.3. The van der Waals surface area contributed by atoms with Gasteiger partial charge >= 0.3 is 0 Å². The standard InChI is InChI=1S/C64H66O19S8/c1-11-62(6,7)53-33-29-49(37-57(53)88(69,70)71)87(67,68)52-32-36-56(60(40-52)91(78,79)80)84-47-25-13-41(14-26-47)42-15-27-48(28-16-42)85-63(8,9)64(10,12-2)54-34-30-50(38-58(54)89(72,73)74)86(65,66)51-31-35-55(59(39-51)90(75,76)77)82-45-19-17-43(18-20-45)81-44-21-23-46(24-22-44)83-61(3,4)5/h13-40H,11-12H2,1-10H3,(H,69,70,71)(H,72,73,74)(H,75,76,77)(H,78,79,80). The molecule has 0 aliphatic rings. The molecule has 0 spiro atoms. The molecule has 0 heterocycles. The lowest BCUT2D eigenvalue weighted by molar-refractivity contribution is 0.131. The molecule has 484 valence electrons. The molecule has 27 heteroatoms. The first kappa shape index (κ1) is 70.3. The number of sulfone groups is 2. The Balaban J connectivity index is 0.982. The summed E-state index contributed by atoms with van der Waals surface area (Å²) < 4.78 is 217. The van der Waals surface area contributed by atoms with Crippen molar-refractivity contribution in [3.63, 3.8) is 0 Å². The van der Waals surface area contributed by atoms with Crippen LogP contribution in [0.5, 0.6) is 28.7 Å². The first-order valence-electron chi connectivity index (χ1n) is 27.8. The van der Waals surface area contributed by atoms with Crippen molar-refractivity contribution < 1.29 is 82.9 Å². The second-order valence-electron chi connectivity index (χ2n) is 23.5. The monoisotopic (exact) mass is 1390 g/mol. The predicted molar refractivity (Wildman–Crippen MR) is 346 cm³/mol. The second kappa shape index (κ2) is 25.7. The lowest BCUT2D eigenvalue weighted by Crippen LogP contribution is -2.43. The van der Waals surface area contributed by atoms with Crippen LogP contribution in [-0.4, -0.2) is 79.1 Å². The van der Waals surface area contributed by atoms with Gasteiger partial charge in [0.2, 0.25) is 19.7 Å². The van der Waals surface area contributed by atoms with Gasteiger partial charge in [0.1, 0.15) is 44.1 Å². The smallest absolute Gasteiger partial charge is 0.298 e. The minimum Gasteiger partial charge on any atom is -0.488 e. The van der Waals surface area contributed by atoms with Crippen LogP contribution in [-0.2, 0) is 71.0 Å². The van der Waals surface area contributed by atoms with Gasteiger partial charge in [0, 0.05) is 24.8 Å². The third-order valence-electron chi connectivity index (χ3n) is 15.5. The largest absolute Gasteiger partial charge is 0.488 e. The van der Waals surface area contributed by atoms with Gasteiger partial charge in [-0.25, -0.2) is 16.8 Å². The van der Waals surface area contributed by atoms with Gasteiger partial charge in [0.15, 0.2) is 0 Å². The maximum absolute atomic E-state index is 14.3. The molecular formula is C64H66O19S8. The summed E-state index contributed by atoms with van der Waals surface area (Å²) in [5, 5.41) is 0. The lowest BCUT2D eigenvalue weighted by atomic mass is 9.70. The highest BCUT2D eigenvalue weighted by Crippen LogP contribution is 2.52. The third kappa shape index (κ3) is 15.9. The van der Waals surface area contributed by atoms with Crippen molar-refractivity contribution in [2.75, 3.05) is 0 Å². The van der Waals surface area contributed by atoms with E-state index in [1.54, 1.807) is 88.4 Å². The summed E-state index contributed by atoms with van der Waals surface area (Å²) in [6, 6.07) is 39.5. The molecule has 0 aliphatic carbocycles. The van der Waals surface area contributed by atoms with Crippen LogP contribution in [0, 0.1) is 0 Å². The van der Waals surface area contributed by atoms with Crippen LogP contribution in [0.25, 0.3) is 11.1 Å². The summed E-state index contributed by atoms with van der Waals surface area (Å²) in [6.45, 7) is 18.3. The van der Waals surface area contributed by atoms with Crippen LogP contribution in [0.4, 0.5) is 0 Å². The Kier molecular flexibility index (Phi) is 19.9. The number of hydrogen-bond donors (Lipinski definition) is 4. The molecule has 0 fully saturated rings. The predicted octanol–water partition coefficient (Wildman–Crippen LogP) is 14.8. The maximum Gasteiger partial charge on any atom is 0.298 e. The zero-order chi connectivity index (χ0) is 67.3. The Morgan fingerprint density at radius 2 is 0.758 bits per heavy atom. The van der Waals surface area contributed by atoms with Crippen molar-refractivity contribution in [2.24, 2.45) is 0 Å². The zero-order valence-electron chi connectivity index (χ0n) is 50.8. The summed E-state index contributed by atoms with van der Waals surface area (Å²) in [4.78, 5) is -4.10. The van der Waals surface area contributed by atoms with E-state index in [4.69, 9.17) is 14.2 Å². The first-order chi connectivity index (χ1) is 42.0. The Hall–Kier alpha value is -6.60. The second-order valence-corrected chi connectivity index (χ2v) is 35.8. The number of hydrogen-bond acceptors (Lipinski definition) is 17. The normalized spacial score (nSPS) is 13.7. The van der Waals surface area contributed by atoms with E-state index < -0.39 is 126 Å². The molecule has 8 aromatic rings. The molecule has 0 aromatic heterocycles. The minimum absolute atomic E-state index is 0.0249. The molecule has 0 bridgehead atoms. The molecular weight excluding hydrogens is 1330 g/mol. The van der Waals surface area contributed by atoms with E-state index in [0.29, 0.717) is 34.6 Å². The van der Waals surface area contributed by atoms with E-state index >= 15 is 0 Å². The van der Waals surface area contributed by atoms with Gasteiger partial charge in [-0.15, -0.1) is 11.8 Å². The van der Waals surface area contributed by atoms with E-state index in [0.717, 1.165) is 76.3 Å². The lowest BCUT2D eigenvalue weighted by Gasteiger charge is -2.44. The number of thioether (sulfide) groups is 1. The topological polar surface area (TPSA) is 313 Å². The average molecular weight is 1400 g/mol. The molecule has 91 heavy (non-hydrogen) atoms. The molecule has 1 atom stereocenters. The van der Waals surface area contributed by atoms with Crippen molar-refractivity contribution in [3.8, 4) is 39.9 Å². The highest BCUT2D eigenvalue weighted by molar-refractivity contribution is 8.01. The van der Waals surface area contributed by atoms with E-state index in [2.05, 4.69) is 0 Å². The summed E-state index contributed by atoms with van der Waals surface area (Å²) in [5.41, 5.74) is -0.520. The van der Waals surface area contributed by atoms with Gasteiger partial charge in [-0.2, -0.15) is 33.7 Å². The van der Waals surface area contributed by atoms with Crippen LogP contribution in [0.3, 0.4) is 0 Å². The number of ether oxygens (including phenoxy) is 3. The van der Waals surface area contributed by atoms with Crippen LogP contribution >= 0.6 is 23.5 Å². The highest BCUT2D eigenvalue weighted by Gasteiger charge is 2.45. The van der Waals surface area contributed by atoms with Crippen molar-refractivity contribution in [1.82, 2.24) is 0 Å². The molecule has 8 rings (SSSR count). The molecule has 0 saturated heterocycles. The summed E-state index contributed by atoms with van der Waals surface area (Å²) in [7, 11) is -29.6. The molecule has 4 N–H and O–H groups in total. The van der Waals surface area contributed by atoms with Gasteiger partial charge in [-0.3, -0.25) is 18.2 Å². The third-order valence-corrected chi connectivity index (χ3v) is 25.2. The van der Waals surface area contributed by atoms with Crippen LogP contribution < -0.4 is 14.2 Å². The first-order valence-corrected chi connectivity index (χ1v) is 38.1. The average Bonchev–Trinajstić information content (AvgIpc) is 0.757.